The quantitative estimate of drug-likeness (QED) is 0.743. The lowest BCUT2D eigenvalue weighted by atomic mass is 9.72. The fourth-order valence-corrected chi connectivity index (χ4v) is 3.66. The van der Waals surface area contributed by atoms with Crippen LogP contribution in [-0.2, 0) is 9.59 Å². The number of imide groups is 1. The van der Waals surface area contributed by atoms with Gasteiger partial charge in [0.15, 0.2) is 0 Å². The van der Waals surface area contributed by atoms with E-state index < -0.39 is 0 Å². The van der Waals surface area contributed by atoms with E-state index in [-0.39, 0.29) is 17.2 Å². The molecule has 2 aliphatic rings. The first-order valence-corrected chi connectivity index (χ1v) is 8.00. The lowest BCUT2D eigenvalue weighted by Crippen LogP contribution is -2.48. The van der Waals surface area contributed by atoms with Crippen molar-refractivity contribution in [2.75, 3.05) is 27.2 Å². The van der Waals surface area contributed by atoms with Crippen LogP contribution in [-0.4, -0.2) is 48.8 Å². The molecule has 1 saturated heterocycles. The Balaban J connectivity index is 1.93. The summed E-state index contributed by atoms with van der Waals surface area (Å²) >= 11 is 0. The summed E-state index contributed by atoms with van der Waals surface area (Å²) < 4.78 is 0. The van der Waals surface area contributed by atoms with Crippen LogP contribution in [0.5, 0.6) is 0 Å². The fourth-order valence-electron chi connectivity index (χ4n) is 3.66. The Bertz CT molecular complexity index is 337. The zero-order chi connectivity index (χ0) is 14.6. The molecule has 1 aliphatic heterocycles. The summed E-state index contributed by atoms with van der Waals surface area (Å²) in [6.07, 6.45) is 9.08. The third-order valence-corrected chi connectivity index (χ3v) is 4.81. The molecule has 2 amide bonds. The number of likely N-dealkylation sites (tertiary alicyclic amines) is 1. The minimum Gasteiger partial charge on any atom is -0.309 e. The lowest BCUT2D eigenvalue weighted by Gasteiger charge is -2.39. The molecule has 20 heavy (non-hydrogen) atoms. The Labute approximate surface area is 122 Å². The van der Waals surface area contributed by atoms with Crippen molar-refractivity contribution in [1.29, 1.82) is 0 Å². The van der Waals surface area contributed by atoms with Gasteiger partial charge in [0.2, 0.25) is 11.8 Å². The molecule has 4 nitrogen and oxygen atoms in total. The van der Waals surface area contributed by atoms with Gasteiger partial charge in [0.1, 0.15) is 0 Å². The molecule has 4 heteroatoms. The summed E-state index contributed by atoms with van der Waals surface area (Å²) in [5.41, 5.74) is 0.00269. The van der Waals surface area contributed by atoms with E-state index in [2.05, 4.69) is 4.90 Å². The molecule has 1 aliphatic carbocycles. The van der Waals surface area contributed by atoms with Crippen LogP contribution in [0.3, 0.4) is 0 Å². The van der Waals surface area contributed by atoms with Crippen LogP contribution in [0, 0.1) is 5.41 Å². The van der Waals surface area contributed by atoms with Crippen LogP contribution in [0.25, 0.3) is 0 Å². The molecule has 0 aromatic rings. The smallest absolute Gasteiger partial charge is 0.229 e. The van der Waals surface area contributed by atoms with Crippen molar-refractivity contribution in [2.45, 2.75) is 57.8 Å². The molecule has 0 radical (unpaired) electrons. The second kappa shape index (κ2) is 6.70. The Morgan fingerprint density at radius 2 is 1.55 bits per heavy atom. The van der Waals surface area contributed by atoms with Crippen LogP contribution in [0.15, 0.2) is 0 Å². The zero-order valence-corrected chi connectivity index (χ0v) is 13.0. The predicted molar refractivity (Wildman–Crippen MR) is 79.3 cm³/mol. The van der Waals surface area contributed by atoms with Gasteiger partial charge in [-0.1, -0.05) is 25.7 Å². The first kappa shape index (κ1) is 15.5. The Morgan fingerprint density at radius 1 is 1.00 bits per heavy atom. The summed E-state index contributed by atoms with van der Waals surface area (Å²) in [6, 6.07) is 0. The molecular formula is C16H28N2O2. The zero-order valence-electron chi connectivity index (χ0n) is 13.0. The van der Waals surface area contributed by atoms with E-state index in [1.165, 1.54) is 30.6 Å². The minimum absolute atomic E-state index is 0.00269. The van der Waals surface area contributed by atoms with E-state index in [4.69, 9.17) is 0 Å². The highest BCUT2D eigenvalue weighted by Crippen LogP contribution is 2.44. The monoisotopic (exact) mass is 280 g/mol. The molecule has 2 fully saturated rings. The SMILES string of the molecule is CN(C)CCCN1C(=O)CC2(CCCCCC2)CC1=O. The van der Waals surface area contributed by atoms with Crippen molar-refractivity contribution < 1.29 is 9.59 Å². The van der Waals surface area contributed by atoms with Crippen molar-refractivity contribution in [1.82, 2.24) is 9.80 Å². The average Bonchev–Trinajstić information content (AvgIpc) is 2.58. The normalized spacial score (nSPS) is 23.4. The highest BCUT2D eigenvalue weighted by atomic mass is 16.2. The molecule has 0 aromatic heterocycles. The van der Waals surface area contributed by atoms with Gasteiger partial charge in [0.05, 0.1) is 0 Å². The Morgan fingerprint density at radius 3 is 2.05 bits per heavy atom. The second-order valence-corrected chi connectivity index (χ2v) is 6.86. The van der Waals surface area contributed by atoms with E-state index >= 15 is 0 Å². The summed E-state index contributed by atoms with van der Waals surface area (Å²) in [5.74, 6) is 0.142. The molecular weight excluding hydrogens is 252 g/mol. The summed E-state index contributed by atoms with van der Waals surface area (Å²) in [6.45, 7) is 1.51. The van der Waals surface area contributed by atoms with Gasteiger partial charge in [-0.25, -0.2) is 0 Å². The van der Waals surface area contributed by atoms with Gasteiger partial charge in [-0.05, 0) is 45.3 Å². The van der Waals surface area contributed by atoms with E-state index in [1.807, 2.05) is 14.1 Å². The van der Waals surface area contributed by atoms with Gasteiger partial charge in [-0.3, -0.25) is 14.5 Å². The minimum atomic E-state index is 0.00269. The van der Waals surface area contributed by atoms with Crippen LogP contribution in [0.4, 0.5) is 0 Å². The third kappa shape index (κ3) is 3.81. The van der Waals surface area contributed by atoms with Crippen LogP contribution < -0.4 is 0 Å². The van der Waals surface area contributed by atoms with Gasteiger partial charge in [-0.15, -0.1) is 0 Å². The standard InChI is InChI=1S/C16H28N2O2/c1-17(2)10-7-11-18-14(19)12-16(13-15(18)20)8-5-3-4-6-9-16/h3-13H2,1-2H3. The Hall–Kier alpha value is -0.900. The molecule has 114 valence electrons. The lowest BCUT2D eigenvalue weighted by molar-refractivity contribution is -0.154. The Kier molecular flexibility index (Phi) is 5.19. The van der Waals surface area contributed by atoms with Crippen LogP contribution >= 0.6 is 0 Å². The van der Waals surface area contributed by atoms with Gasteiger partial charge in [0, 0.05) is 19.4 Å². The number of hydrogen-bond acceptors (Lipinski definition) is 3. The first-order valence-electron chi connectivity index (χ1n) is 8.00. The highest BCUT2D eigenvalue weighted by Gasteiger charge is 2.43. The van der Waals surface area contributed by atoms with Crippen molar-refractivity contribution >= 4 is 11.8 Å². The van der Waals surface area contributed by atoms with Crippen molar-refractivity contribution in [3.8, 4) is 0 Å². The van der Waals surface area contributed by atoms with E-state index in [1.54, 1.807) is 0 Å². The summed E-state index contributed by atoms with van der Waals surface area (Å²) in [4.78, 5) is 28.3. The first-order chi connectivity index (χ1) is 9.52. The number of carbonyl (C=O) groups excluding carboxylic acids is 2. The number of hydrogen-bond donors (Lipinski definition) is 0. The van der Waals surface area contributed by atoms with Crippen LogP contribution in [0.2, 0.25) is 0 Å². The summed E-state index contributed by atoms with van der Waals surface area (Å²) in [7, 11) is 4.03. The number of amides is 2. The predicted octanol–water partition coefficient (Wildman–Crippen LogP) is 2.43. The molecule has 0 unspecified atom stereocenters. The van der Waals surface area contributed by atoms with Gasteiger partial charge in [0.25, 0.3) is 0 Å². The third-order valence-electron chi connectivity index (χ3n) is 4.81. The van der Waals surface area contributed by atoms with Crippen molar-refractivity contribution in [3.63, 3.8) is 0 Å². The number of nitrogens with zero attached hydrogens (tertiary/aromatic N) is 2. The van der Waals surface area contributed by atoms with Gasteiger partial charge >= 0.3 is 0 Å². The largest absolute Gasteiger partial charge is 0.309 e. The van der Waals surface area contributed by atoms with Crippen molar-refractivity contribution in [2.24, 2.45) is 5.41 Å². The molecule has 1 saturated carbocycles. The molecule has 0 atom stereocenters. The molecule has 0 N–H and O–H groups in total. The maximum absolute atomic E-state index is 12.4. The second-order valence-electron chi connectivity index (χ2n) is 6.86. The number of piperidine rings is 1. The highest BCUT2D eigenvalue weighted by molar-refractivity contribution is 5.98. The molecule has 2 rings (SSSR count). The van der Waals surface area contributed by atoms with Crippen molar-refractivity contribution in [3.05, 3.63) is 0 Å². The fraction of sp³-hybridized carbons (Fsp3) is 0.875. The molecule has 0 bridgehead atoms. The van der Waals surface area contributed by atoms with Gasteiger partial charge < -0.3 is 4.90 Å². The van der Waals surface area contributed by atoms with E-state index in [0.29, 0.717) is 19.4 Å². The van der Waals surface area contributed by atoms with E-state index in [0.717, 1.165) is 25.8 Å². The van der Waals surface area contributed by atoms with E-state index in [9.17, 15) is 9.59 Å². The maximum Gasteiger partial charge on any atom is 0.229 e. The number of rotatable bonds is 4. The average molecular weight is 280 g/mol. The van der Waals surface area contributed by atoms with Crippen LogP contribution in [0.1, 0.15) is 57.8 Å². The van der Waals surface area contributed by atoms with Gasteiger partial charge in [-0.2, -0.15) is 0 Å². The summed E-state index contributed by atoms with van der Waals surface area (Å²) in [5, 5.41) is 0. The molecule has 1 heterocycles. The molecule has 1 spiro atoms. The molecule has 0 aromatic carbocycles. The maximum atomic E-state index is 12.4. The topological polar surface area (TPSA) is 40.6 Å². The number of carbonyl (C=O) groups is 2.